The lowest BCUT2D eigenvalue weighted by Crippen LogP contribution is -2.18. The van der Waals surface area contributed by atoms with E-state index in [1.165, 1.54) is 0 Å². The highest BCUT2D eigenvalue weighted by Crippen LogP contribution is 2.18. The molecule has 7 nitrogen and oxygen atoms in total. The van der Waals surface area contributed by atoms with Gasteiger partial charge in [-0.1, -0.05) is 0 Å². The number of nitrogen functional groups attached to an aromatic ring is 1. The highest BCUT2D eigenvalue weighted by Gasteiger charge is 2.10. The molecule has 2 heterocycles. The maximum absolute atomic E-state index is 8.82. The third-order valence-electron chi connectivity index (χ3n) is 2.25. The summed E-state index contributed by atoms with van der Waals surface area (Å²) in [6, 6.07) is 0.103. The van der Waals surface area contributed by atoms with Gasteiger partial charge in [-0.2, -0.15) is 9.97 Å². The first-order valence-electron chi connectivity index (χ1n) is 5.04. The van der Waals surface area contributed by atoms with Crippen molar-refractivity contribution in [2.45, 2.75) is 19.4 Å². The van der Waals surface area contributed by atoms with Crippen LogP contribution in [0.25, 0.3) is 11.2 Å². The van der Waals surface area contributed by atoms with Crippen molar-refractivity contribution in [3.8, 4) is 0 Å². The molecule has 0 bridgehead atoms. The Kier molecular flexibility index (Phi) is 2.86. The number of imidazole rings is 1. The minimum atomic E-state index is 0.103. The van der Waals surface area contributed by atoms with Gasteiger partial charge in [0.2, 0.25) is 5.95 Å². The Balaban J connectivity index is 2.31. The number of nitrogens with two attached hydrogens (primary N) is 1. The molecule has 5 N–H and O–H groups in total. The fraction of sp³-hybridized carbons (Fsp3) is 0.444. The van der Waals surface area contributed by atoms with E-state index >= 15 is 0 Å². The smallest absolute Gasteiger partial charge is 0.224 e. The van der Waals surface area contributed by atoms with Crippen molar-refractivity contribution in [1.29, 1.82) is 0 Å². The average Bonchev–Trinajstić information content (AvgIpc) is 2.65. The van der Waals surface area contributed by atoms with Gasteiger partial charge in [0.25, 0.3) is 0 Å². The molecule has 0 aromatic carbocycles. The molecule has 7 heteroatoms. The third kappa shape index (κ3) is 2.03. The molecule has 0 saturated heterocycles. The second kappa shape index (κ2) is 4.31. The van der Waals surface area contributed by atoms with E-state index in [2.05, 4.69) is 25.3 Å². The quantitative estimate of drug-likeness (QED) is 0.584. The second-order valence-corrected chi connectivity index (χ2v) is 3.59. The minimum Gasteiger partial charge on any atom is -0.396 e. The van der Waals surface area contributed by atoms with Crippen LogP contribution in [0.5, 0.6) is 0 Å². The van der Waals surface area contributed by atoms with Crippen LogP contribution in [0.3, 0.4) is 0 Å². The van der Waals surface area contributed by atoms with Gasteiger partial charge in [-0.15, -0.1) is 0 Å². The predicted octanol–water partition coefficient (Wildman–Crippen LogP) is 0.118. The Bertz CT molecular complexity index is 482. The average molecular weight is 222 g/mol. The molecule has 2 aromatic heterocycles. The number of hydrogen-bond donors (Lipinski definition) is 4. The zero-order valence-electron chi connectivity index (χ0n) is 8.94. The lowest BCUT2D eigenvalue weighted by atomic mass is 10.2. The number of aromatic nitrogens is 4. The normalized spacial score (nSPS) is 12.9. The molecule has 86 valence electrons. The zero-order chi connectivity index (χ0) is 11.5. The van der Waals surface area contributed by atoms with Crippen molar-refractivity contribution in [2.24, 2.45) is 0 Å². The number of anilines is 2. The van der Waals surface area contributed by atoms with Crippen molar-refractivity contribution in [3.63, 3.8) is 0 Å². The van der Waals surface area contributed by atoms with Crippen molar-refractivity contribution in [3.05, 3.63) is 6.33 Å². The van der Waals surface area contributed by atoms with Crippen LogP contribution >= 0.6 is 0 Å². The Hall–Kier alpha value is -1.89. The summed E-state index contributed by atoms with van der Waals surface area (Å²) in [5.74, 6) is 0.791. The summed E-state index contributed by atoms with van der Waals surface area (Å²) < 4.78 is 0. The number of H-pyrrole nitrogens is 1. The van der Waals surface area contributed by atoms with Crippen molar-refractivity contribution in [1.82, 2.24) is 19.9 Å². The van der Waals surface area contributed by atoms with Crippen molar-refractivity contribution < 1.29 is 5.11 Å². The largest absolute Gasteiger partial charge is 0.396 e. The summed E-state index contributed by atoms with van der Waals surface area (Å²) in [5.41, 5.74) is 6.82. The SMILES string of the molecule is CC(CCO)Nc1nc(N)nc2nc[nH]c12. The van der Waals surface area contributed by atoms with Gasteiger partial charge in [0.05, 0.1) is 6.33 Å². The third-order valence-corrected chi connectivity index (χ3v) is 2.25. The Labute approximate surface area is 92.1 Å². The number of nitrogens with zero attached hydrogens (tertiary/aromatic N) is 3. The summed E-state index contributed by atoms with van der Waals surface area (Å²) in [6.45, 7) is 2.08. The second-order valence-electron chi connectivity index (χ2n) is 3.59. The number of aliphatic hydroxyl groups excluding tert-OH is 1. The molecule has 0 radical (unpaired) electrons. The number of nitrogens with one attached hydrogen (secondary N) is 2. The molecule has 1 unspecified atom stereocenters. The number of aliphatic hydroxyl groups is 1. The molecule has 0 aliphatic rings. The Morgan fingerprint density at radius 3 is 3.12 bits per heavy atom. The maximum atomic E-state index is 8.82. The van der Waals surface area contributed by atoms with E-state index in [9.17, 15) is 0 Å². The first-order valence-corrected chi connectivity index (χ1v) is 5.04. The van der Waals surface area contributed by atoms with E-state index in [1.807, 2.05) is 6.92 Å². The van der Waals surface area contributed by atoms with E-state index in [1.54, 1.807) is 6.33 Å². The highest BCUT2D eigenvalue weighted by atomic mass is 16.3. The topological polar surface area (TPSA) is 113 Å². The summed E-state index contributed by atoms with van der Waals surface area (Å²) in [6.07, 6.45) is 2.18. The van der Waals surface area contributed by atoms with Crippen LogP contribution in [-0.4, -0.2) is 37.7 Å². The van der Waals surface area contributed by atoms with E-state index in [0.29, 0.717) is 17.9 Å². The van der Waals surface area contributed by atoms with E-state index in [0.717, 1.165) is 5.52 Å². The molecule has 0 fully saturated rings. The number of hydrogen-bond acceptors (Lipinski definition) is 6. The summed E-state index contributed by atoms with van der Waals surface area (Å²) in [4.78, 5) is 15.0. The molecule has 0 spiro atoms. The predicted molar refractivity (Wildman–Crippen MR) is 60.9 cm³/mol. The van der Waals surface area contributed by atoms with Gasteiger partial charge in [0, 0.05) is 12.6 Å². The first-order chi connectivity index (χ1) is 7.70. The molecule has 1 atom stereocenters. The molecule has 0 amide bonds. The molecular formula is C9H14N6O. The Morgan fingerprint density at radius 2 is 2.38 bits per heavy atom. The van der Waals surface area contributed by atoms with Gasteiger partial charge in [0.15, 0.2) is 11.5 Å². The van der Waals surface area contributed by atoms with E-state index in [-0.39, 0.29) is 18.6 Å². The number of aromatic amines is 1. The number of fused-ring (bicyclic) bond motifs is 1. The molecule has 2 rings (SSSR count). The van der Waals surface area contributed by atoms with Gasteiger partial charge in [0.1, 0.15) is 5.52 Å². The summed E-state index contributed by atoms with van der Waals surface area (Å²) >= 11 is 0. The van der Waals surface area contributed by atoms with Crippen LogP contribution in [0.2, 0.25) is 0 Å². The summed E-state index contributed by atoms with van der Waals surface area (Å²) in [5, 5.41) is 12.0. The molecule has 0 aliphatic heterocycles. The first kappa shape index (κ1) is 10.6. The van der Waals surface area contributed by atoms with E-state index < -0.39 is 0 Å². The molecule has 0 saturated carbocycles. The molecule has 2 aromatic rings. The van der Waals surface area contributed by atoms with Crippen molar-refractivity contribution in [2.75, 3.05) is 17.7 Å². The monoisotopic (exact) mass is 222 g/mol. The molecular weight excluding hydrogens is 208 g/mol. The fourth-order valence-corrected chi connectivity index (χ4v) is 1.45. The zero-order valence-corrected chi connectivity index (χ0v) is 8.94. The van der Waals surface area contributed by atoms with Crippen LogP contribution in [0, 0.1) is 0 Å². The summed E-state index contributed by atoms with van der Waals surface area (Å²) in [7, 11) is 0. The van der Waals surface area contributed by atoms with E-state index in [4.69, 9.17) is 10.8 Å². The van der Waals surface area contributed by atoms with Gasteiger partial charge >= 0.3 is 0 Å². The van der Waals surface area contributed by atoms with Gasteiger partial charge in [-0.3, -0.25) is 0 Å². The highest BCUT2D eigenvalue weighted by molar-refractivity contribution is 5.83. The van der Waals surface area contributed by atoms with Crippen LogP contribution in [-0.2, 0) is 0 Å². The maximum Gasteiger partial charge on any atom is 0.224 e. The Morgan fingerprint density at radius 1 is 1.56 bits per heavy atom. The molecule has 16 heavy (non-hydrogen) atoms. The van der Waals surface area contributed by atoms with Crippen LogP contribution in [0.1, 0.15) is 13.3 Å². The number of rotatable bonds is 4. The van der Waals surface area contributed by atoms with Crippen LogP contribution < -0.4 is 11.1 Å². The van der Waals surface area contributed by atoms with Gasteiger partial charge < -0.3 is 21.1 Å². The van der Waals surface area contributed by atoms with Gasteiger partial charge in [-0.25, -0.2) is 4.98 Å². The van der Waals surface area contributed by atoms with Crippen LogP contribution in [0.15, 0.2) is 6.33 Å². The van der Waals surface area contributed by atoms with Gasteiger partial charge in [-0.05, 0) is 13.3 Å². The lowest BCUT2D eigenvalue weighted by Gasteiger charge is -2.13. The molecule has 0 aliphatic carbocycles. The lowest BCUT2D eigenvalue weighted by molar-refractivity contribution is 0.282. The van der Waals surface area contributed by atoms with Crippen LogP contribution in [0.4, 0.5) is 11.8 Å². The van der Waals surface area contributed by atoms with Crippen molar-refractivity contribution >= 4 is 22.9 Å². The standard InChI is InChI=1S/C9H14N6O/c1-5(2-3-16)13-8-6-7(12-4-11-6)14-9(10)15-8/h4-5,16H,2-3H2,1H3,(H4,10,11,12,13,14,15). The fourth-order valence-electron chi connectivity index (χ4n) is 1.45. The minimum absolute atomic E-state index is 0.103.